The van der Waals surface area contributed by atoms with E-state index in [1.807, 2.05) is 0 Å². The molecule has 51 valence electrons. The normalized spacial score (nSPS) is 9.90. The van der Waals surface area contributed by atoms with E-state index < -0.39 is 0 Å². The van der Waals surface area contributed by atoms with Crippen molar-refractivity contribution in [1.29, 1.82) is 0 Å². The number of hydrogen-bond donors (Lipinski definition) is 0. The maximum absolute atomic E-state index is 2.22. The van der Waals surface area contributed by atoms with Gasteiger partial charge >= 0.3 is 75.7 Å². The Kier molecular flexibility index (Phi) is 2.78. The number of aryl methyl sites for hydroxylation is 1. The summed E-state index contributed by atoms with van der Waals surface area (Å²) in [6, 6.07) is 6.53. The van der Waals surface area contributed by atoms with E-state index in [1.54, 1.807) is 22.5 Å². The molecule has 0 heterocycles. The zero-order chi connectivity index (χ0) is 7.56. The zero-order valence-corrected chi connectivity index (χ0v) is 9.29. The molecule has 0 aliphatic rings. The second kappa shape index (κ2) is 3.42. The van der Waals surface area contributed by atoms with Gasteiger partial charge in [0.25, 0.3) is 0 Å². The van der Waals surface area contributed by atoms with E-state index >= 15 is 0 Å². The molecule has 0 bridgehead atoms. The molecule has 10 heavy (non-hydrogen) atoms. The summed E-state index contributed by atoms with van der Waals surface area (Å²) in [6.07, 6.45) is 0. The standard InChI is InChI=1S/C9H11.Sn/c1-7-5-4-6-8(2)9(7)3;/h4-6H,1H2,2-3H3;. The minimum atomic E-state index is 1.24. The van der Waals surface area contributed by atoms with Crippen LogP contribution in [-0.2, 0) is 4.44 Å². The molecule has 3 radical (unpaired) electrons. The quantitative estimate of drug-likeness (QED) is 0.656. The van der Waals surface area contributed by atoms with Gasteiger partial charge in [-0.2, -0.15) is 0 Å². The molecule has 0 aliphatic heterocycles. The molecule has 1 heteroatoms. The van der Waals surface area contributed by atoms with Crippen molar-refractivity contribution in [3.05, 3.63) is 34.9 Å². The van der Waals surface area contributed by atoms with E-state index in [9.17, 15) is 0 Å². The maximum atomic E-state index is 2.22. The van der Waals surface area contributed by atoms with Crippen LogP contribution in [0.1, 0.15) is 16.7 Å². The molecule has 0 N–H and O–H groups in total. The predicted octanol–water partition coefficient (Wildman–Crippen LogP) is 1.97. The summed E-state index contributed by atoms with van der Waals surface area (Å²) in [5.74, 6) is 0. The Morgan fingerprint density at radius 1 is 1.30 bits per heavy atom. The van der Waals surface area contributed by atoms with Crippen LogP contribution in [0.15, 0.2) is 18.2 Å². The van der Waals surface area contributed by atoms with Crippen molar-refractivity contribution in [2.45, 2.75) is 18.3 Å². The second-order valence-electron chi connectivity index (χ2n) is 2.54. The molecule has 0 aromatic heterocycles. The molecule has 0 nitrogen and oxygen atoms in total. The molecular weight excluding hydrogens is 227 g/mol. The number of hydrogen-bond acceptors (Lipinski definition) is 0. The summed E-state index contributed by atoms with van der Waals surface area (Å²) in [5, 5.41) is 0. The van der Waals surface area contributed by atoms with Crippen LogP contribution in [0.2, 0.25) is 0 Å². The van der Waals surface area contributed by atoms with E-state index in [4.69, 9.17) is 0 Å². The Labute approximate surface area is 75.7 Å². The van der Waals surface area contributed by atoms with Gasteiger partial charge in [0, 0.05) is 0 Å². The Hall–Kier alpha value is 0.0187. The topological polar surface area (TPSA) is 0 Å². The van der Waals surface area contributed by atoms with Crippen LogP contribution >= 0.6 is 0 Å². The first-order valence-electron chi connectivity index (χ1n) is 3.45. The summed E-state index contributed by atoms with van der Waals surface area (Å²) in [4.78, 5) is 0. The SMILES string of the molecule is Cc1cccc([CH2][Sn])c1C. The molecule has 0 amide bonds. The fourth-order valence-electron chi connectivity index (χ4n) is 1.00. The fraction of sp³-hybridized carbons (Fsp3) is 0.333. The second-order valence-corrected chi connectivity index (χ2v) is 3.54. The molecule has 0 aliphatic carbocycles. The van der Waals surface area contributed by atoms with Gasteiger partial charge in [0.05, 0.1) is 0 Å². The molecule has 0 saturated heterocycles. The first-order chi connectivity index (χ1) is 4.75. The Morgan fingerprint density at radius 2 is 2.00 bits per heavy atom. The zero-order valence-electron chi connectivity index (χ0n) is 6.44. The van der Waals surface area contributed by atoms with Gasteiger partial charge in [-0.1, -0.05) is 0 Å². The van der Waals surface area contributed by atoms with Gasteiger partial charge in [0.1, 0.15) is 0 Å². The molecule has 0 unspecified atom stereocenters. The summed E-state index contributed by atoms with van der Waals surface area (Å²) in [5.41, 5.74) is 4.40. The van der Waals surface area contributed by atoms with Gasteiger partial charge in [-0.15, -0.1) is 0 Å². The van der Waals surface area contributed by atoms with Crippen molar-refractivity contribution in [2.24, 2.45) is 0 Å². The van der Waals surface area contributed by atoms with Crippen molar-refractivity contribution in [2.75, 3.05) is 0 Å². The van der Waals surface area contributed by atoms with Crippen molar-refractivity contribution < 1.29 is 0 Å². The predicted molar refractivity (Wildman–Crippen MR) is 45.4 cm³/mol. The van der Waals surface area contributed by atoms with E-state index in [0.717, 1.165) is 0 Å². The fourth-order valence-corrected chi connectivity index (χ4v) is 2.10. The van der Waals surface area contributed by atoms with E-state index in [-0.39, 0.29) is 0 Å². The van der Waals surface area contributed by atoms with Crippen molar-refractivity contribution in [3.63, 3.8) is 0 Å². The Morgan fingerprint density at radius 3 is 2.50 bits per heavy atom. The van der Waals surface area contributed by atoms with Crippen molar-refractivity contribution >= 4 is 22.5 Å². The third-order valence-corrected chi connectivity index (χ3v) is 2.99. The molecule has 0 atom stereocenters. The third kappa shape index (κ3) is 1.54. The van der Waals surface area contributed by atoms with Gasteiger partial charge < -0.3 is 0 Å². The summed E-state index contributed by atoms with van der Waals surface area (Å²) in [6.45, 7) is 4.37. The summed E-state index contributed by atoms with van der Waals surface area (Å²) >= 11 is 1.60. The van der Waals surface area contributed by atoms with Crippen LogP contribution in [0.25, 0.3) is 0 Å². The molecule has 1 aromatic carbocycles. The van der Waals surface area contributed by atoms with Crippen LogP contribution in [-0.4, -0.2) is 22.5 Å². The van der Waals surface area contributed by atoms with E-state index in [1.165, 1.54) is 21.1 Å². The van der Waals surface area contributed by atoms with E-state index in [2.05, 4.69) is 32.0 Å². The van der Waals surface area contributed by atoms with Gasteiger partial charge in [0.2, 0.25) is 0 Å². The van der Waals surface area contributed by atoms with Gasteiger partial charge in [-0.25, -0.2) is 0 Å². The first-order valence-corrected chi connectivity index (χ1v) is 5.47. The van der Waals surface area contributed by atoms with Gasteiger partial charge in [0.15, 0.2) is 0 Å². The van der Waals surface area contributed by atoms with Crippen LogP contribution < -0.4 is 0 Å². The van der Waals surface area contributed by atoms with Gasteiger partial charge in [-0.05, 0) is 0 Å². The number of benzene rings is 1. The van der Waals surface area contributed by atoms with Crippen LogP contribution in [0.5, 0.6) is 0 Å². The molecule has 0 saturated carbocycles. The van der Waals surface area contributed by atoms with Crippen LogP contribution in [0, 0.1) is 13.8 Å². The third-order valence-electron chi connectivity index (χ3n) is 1.91. The average Bonchev–Trinajstić information content (AvgIpc) is 1.95. The van der Waals surface area contributed by atoms with Gasteiger partial charge in [-0.3, -0.25) is 0 Å². The molecule has 0 spiro atoms. The van der Waals surface area contributed by atoms with Crippen molar-refractivity contribution in [3.8, 4) is 0 Å². The van der Waals surface area contributed by atoms with E-state index in [0.29, 0.717) is 0 Å². The molecule has 1 rings (SSSR count). The summed E-state index contributed by atoms with van der Waals surface area (Å²) < 4.78 is 1.24. The Bertz CT molecular complexity index is 228. The minimum absolute atomic E-state index is 1.24. The molecular formula is C9H11Sn. The average molecular weight is 238 g/mol. The molecule has 0 fully saturated rings. The van der Waals surface area contributed by atoms with Crippen molar-refractivity contribution in [1.82, 2.24) is 0 Å². The Balaban J connectivity index is 3.14. The number of rotatable bonds is 1. The first kappa shape index (κ1) is 8.12. The summed E-state index contributed by atoms with van der Waals surface area (Å²) in [7, 11) is 0. The van der Waals surface area contributed by atoms with Crippen LogP contribution in [0.4, 0.5) is 0 Å². The monoisotopic (exact) mass is 239 g/mol. The molecule has 1 aromatic rings. The van der Waals surface area contributed by atoms with Crippen LogP contribution in [0.3, 0.4) is 0 Å².